The molecule has 69 heavy (non-hydrogen) atoms. The SMILES string of the molecule is CC(C)[Si](C#Cc1ccc(N(c2ccc(-c3ccc(N(c4ccccc4)c4ccccc4)cc3)cc2)c2ccc(-c3ccc(N(c4ccccc4)c4ccccc4)cc3)cc2)cc1)(C(C)C)C(C)C. The first-order valence-corrected chi connectivity index (χ1v) is 26.6. The summed E-state index contributed by atoms with van der Waals surface area (Å²) in [4.78, 5) is 6.94. The molecule has 9 aromatic carbocycles. The van der Waals surface area contributed by atoms with Gasteiger partial charge in [0, 0.05) is 56.7 Å². The lowest BCUT2D eigenvalue weighted by atomic mass is 10.0. The Bertz CT molecular complexity index is 2810. The lowest BCUT2D eigenvalue weighted by Gasteiger charge is -2.38. The number of para-hydroxylation sites is 4. The van der Waals surface area contributed by atoms with E-state index in [4.69, 9.17) is 0 Å². The van der Waals surface area contributed by atoms with Crippen LogP contribution in [0.15, 0.2) is 243 Å². The smallest absolute Gasteiger partial charge is 0.146 e. The summed E-state index contributed by atoms with van der Waals surface area (Å²) in [6.45, 7) is 14.2. The highest BCUT2D eigenvalue weighted by molar-refractivity contribution is 6.90. The molecule has 0 N–H and O–H groups in total. The lowest BCUT2D eigenvalue weighted by Crippen LogP contribution is -2.43. The Morgan fingerprint density at radius 1 is 0.261 bits per heavy atom. The quantitative estimate of drug-likeness (QED) is 0.0795. The Morgan fingerprint density at radius 2 is 0.464 bits per heavy atom. The van der Waals surface area contributed by atoms with Crippen LogP contribution < -0.4 is 14.7 Å². The summed E-state index contributed by atoms with van der Waals surface area (Å²) in [6, 6.07) is 86.7. The molecule has 0 aliphatic carbocycles. The molecule has 0 aromatic heterocycles. The monoisotopic (exact) mass is 911 g/mol. The molecule has 9 rings (SSSR count). The largest absolute Gasteiger partial charge is 0.311 e. The molecule has 0 radical (unpaired) electrons. The van der Waals surface area contributed by atoms with Crippen molar-refractivity contribution in [2.45, 2.75) is 58.2 Å². The summed E-state index contributed by atoms with van der Waals surface area (Å²) >= 11 is 0. The van der Waals surface area contributed by atoms with Gasteiger partial charge in [-0.15, -0.1) is 5.54 Å². The van der Waals surface area contributed by atoms with Crippen LogP contribution in [0.3, 0.4) is 0 Å². The molecule has 9 aromatic rings. The van der Waals surface area contributed by atoms with Gasteiger partial charge in [0.15, 0.2) is 0 Å². The van der Waals surface area contributed by atoms with Crippen molar-refractivity contribution in [3.05, 3.63) is 248 Å². The van der Waals surface area contributed by atoms with Gasteiger partial charge in [-0.1, -0.05) is 169 Å². The third-order valence-electron chi connectivity index (χ3n) is 13.6. The van der Waals surface area contributed by atoms with E-state index in [1.807, 2.05) is 0 Å². The highest BCUT2D eigenvalue weighted by Crippen LogP contribution is 2.42. The second-order valence-corrected chi connectivity index (χ2v) is 24.3. The van der Waals surface area contributed by atoms with Gasteiger partial charge in [-0.2, -0.15) is 0 Å². The first-order valence-electron chi connectivity index (χ1n) is 24.3. The molecule has 0 bridgehead atoms. The minimum Gasteiger partial charge on any atom is -0.311 e. The predicted molar refractivity (Wildman–Crippen MR) is 299 cm³/mol. The maximum Gasteiger partial charge on any atom is 0.146 e. The molecule has 0 aliphatic rings. The second-order valence-electron chi connectivity index (χ2n) is 18.7. The zero-order chi connectivity index (χ0) is 47.7. The summed E-state index contributed by atoms with van der Waals surface area (Å²) in [5, 5.41) is 0. The molecule has 0 unspecified atom stereocenters. The molecule has 0 saturated carbocycles. The molecule has 4 heteroatoms. The van der Waals surface area contributed by atoms with E-state index in [1.54, 1.807) is 0 Å². The van der Waals surface area contributed by atoms with E-state index in [1.165, 1.54) is 0 Å². The van der Waals surface area contributed by atoms with Gasteiger partial charge >= 0.3 is 0 Å². The van der Waals surface area contributed by atoms with E-state index in [0.717, 1.165) is 79.0 Å². The third-order valence-corrected chi connectivity index (χ3v) is 19.9. The van der Waals surface area contributed by atoms with Crippen LogP contribution >= 0.6 is 0 Å². The summed E-state index contributed by atoms with van der Waals surface area (Å²) in [6.07, 6.45) is 0. The molecule has 3 nitrogen and oxygen atoms in total. The number of hydrogen-bond acceptors (Lipinski definition) is 3. The first-order chi connectivity index (χ1) is 33.7. The second kappa shape index (κ2) is 21.0. The molecule has 0 spiro atoms. The Kier molecular flexibility index (Phi) is 14.1. The van der Waals surface area contributed by atoms with Crippen LogP contribution in [0.25, 0.3) is 22.3 Å². The zero-order valence-corrected chi connectivity index (χ0v) is 41.7. The van der Waals surface area contributed by atoms with Crippen molar-refractivity contribution in [2.24, 2.45) is 0 Å². The number of rotatable bonds is 14. The molecule has 0 aliphatic heterocycles. The predicted octanol–water partition coefficient (Wildman–Crippen LogP) is 19.0. The Balaban J connectivity index is 1.03. The molecule has 0 fully saturated rings. The van der Waals surface area contributed by atoms with Crippen LogP contribution in [0.2, 0.25) is 16.6 Å². The van der Waals surface area contributed by atoms with Crippen LogP contribution in [0.5, 0.6) is 0 Å². The minimum absolute atomic E-state index is 0.582. The highest BCUT2D eigenvalue weighted by Gasteiger charge is 2.41. The van der Waals surface area contributed by atoms with Crippen LogP contribution in [-0.2, 0) is 0 Å². The van der Waals surface area contributed by atoms with Crippen molar-refractivity contribution in [3.63, 3.8) is 0 Å². The molecular weight excluding hydrogens is 851 g/mol. The van der Waals surface area contributed by atoms with E-state index >= 15 is 0 Å². The fraction of sp³-hybridized carbons (Fsp3) is 0.138. The van der Waals surface area contributed by atoms with Crippen LogP contribution in [0.1, 0.15) is 47.1 Å². The van der Waals surface area contributed by atoms with Crippen molar-refractivity contribution < 1.29 is 0 Å². The topological polar surface area (TPSA) is 9.72 Å². The molecule has 340 valence electrons. The van der Waals surface area contributed by atoms with Crippen molar-refractivity contribution in [3.8, 4) is 33.7 Å². The van der Waals surface area contributed by atoms with Gasteiger partial charge in [0.25, 0.3) is 0 Å². The van der Waals surface area contributed by atoms with E-state index in [0.29, 0.717) is 16.6 Å². The lowest BCUT2D eigenvalue weighted by molar-refractivity contribution is 0.838. The number of hydrogen-bond donors (Lipinski definition) is 0. The maximum absolute atomic E-state index is 3.93. The van der Waals surface area contributed by atoms with Crippen LogP contribution in [0.4, 0.5) is 51.2 Å². The van der Waals surface area contributed by atoms with Gasteiger partial charge in [0.1, 0.15) is 8.07 Å². The fourth-order valence-corrected chi connectivity index (χ4v) is 15.4. The summed E-state index contributed by atoms with van der Waals surface area (Å²) in [5.74, 6) is 3.67. The van der Waals surface area contributed by atoms with Crippen molar-refractivity contribution in [2.75, 3.05) is 14.7 Å². The van der Waals surface area contributed by atoms with Gasteiger partial charge in [0.05, 0.1) is 0 Å². The van der Waals surface area contributed by atoms with E-state index in [2.05, 4.69) is 310 Å². The normalized spacial score (nSPS) is 11.3. The highest BCUT2D eigenvalue weighted by atomic mass is 28.3. The van der Waals surface area contributed by atoms with Gasteiger partial charge in [0.2, 0.25) is 0 Å². The van der Waals surface area contributed by atoms with Gasteiger partial charge in [-0.25, -0.2) is 0 Å². The summed E-state index contributed by atoms with van der Waals surface area (Å²) < 4.78 is 0. The summed E-state index contributed by atoms with van der Waals surface area (Å²) in [5.41, 5.74) is 21.3. The zero-order valence-electron chi connectivity index (χ0n) is 40.7. The average Bonchev–Trinajstić information content (AvgIpc) is 3.39. The van der Waals surface area contributed by atoms with E-state index in [9.17, 15) is 0 Å². The third kappa shape index (κ3) is 10.1. The van der Waals surface area contributed by atoms with Gasteiger partial charge in [-0.3, -0.25) is 0 Å². The van der Waals surface area contributed by atoms with Gasteiger partial charge < -0.3 is 14.7 Å². The standard InChI is InChI=1S/C65H61N3Si/c1-49(2)69(50(3)4,51(5)6)48-47-52-27-37-61(38-28-52)68(64-43-33-55(34-44-64)53-29-39-62(40-30-53)66(57-19-11-7-12-20-57)58-21-13-8-14-22-58)65-45-35-56(36-46-65)54-31-41-63(42-32-54)67(59-23-15-9-16-24-59)60-25-17-10-18-26-60/h7-46,49-51H,1-6H3. The Hall–Kier alpha value is -7.84. The summed E-state index contributed by atoms with van der Waals surface area (Å²) in [7, 11) is -1.87. The molecule has 0 saturated heterocycles. The number of nitrogens with zero attached hydrogens (tertiary/aromatic N) is 3. The molecule has 0 amide bonds. The van der Waals surface area contributed by atoms with Crippen LogP contribution in [-0.4, -0.2) is 8.07 Å². The minimum atomic E-state index is -1.87. The van der Waals surface area contributed by atoms with Crippen LogP contribution in [0, 0.1) is 11.5 Å². The average molecular weight is 912 g/mol. The number of benzene rings is 9. The molecular formula is C65H61N3Si. The van der Waals surface area contributed by atoms with Crippen molar-refractivity contribution in [1.82, 2.24) is 0 Å². The fourth-order valence-electron chi connectivity index (χ4n) is 10.2. The van der Waals surface area contributed by atoms with Crippen molar-refractivity contribution >= 4 is 59.3 Å². The van der Waals surface area contributed by atoms with E-state index in [-0.39, 0.29) is 0 Å². The molecule has 0 atom stereocenters. The van der Waals surface area contributed by atoms with E-state index < -0.39 is 8.07 Å². The Labute approximate surface area is 412 Å². The van der Waals surface area contributed by atoms with Crippen molar-refractivity contribution in [1.29, 1.82) is 0 Å². The Morgan fingerprint density at radius 3 is 0.681 bits per heavy atom. The molecule has 0 heterocycles. The van der Waals surface area contributed by atoms with Gasteiger partial charge in [-0.05, 0) is 160 Å². The maximum atomic E-state index is 3.93. The number of anilines is 9. The first kappa shape index (κ1) is 46.3.